The molecule has 0 radical (unpaired) electrons. The predicted octanol–water partition coefficient (Wildman–Crippen LogP) is 2.77. The van der Waals surface area contributed by atoms with E-state index in [1.165, 1.54) is 16.8 Å². The molecule has 0 unspecified atom stereocenters. The van der Waals surface area contributed by atoms with Gasteiger partial charge in [-0.2, -0.15) is 10.2 Å². The number of aryl methyl sites for hydroxylation is 3. The number of ketones is 1. The summed E-state index contributed by atoms with van der Waals surface area (Å²) in [4.78, 5) is 13.0. The van der Waals surface area contributed by atoms with E-state index in [2.05, 4.69) is 15.3 Å². The number of carbonyl (C=O) groups is 1. The minimum atomic E-state index is -3.65. The number of benzene rings is 1. The molecular weight excluding hydrogens is 404 g/mol. The van der Waals surface area contributed by atoms with E-state index in [4.69, 9.17) is 11.6 Å². The molecule has 148 valence electrons. The van der Waals surface area contributed by atoms with Crippen molar-refractivity contribution >= 4 is 27.2 Å². The van der Waals surface area contributed by atoms with Crippen LogP contribution in [0.25, 0.3) is 5.69 Å². The van der Waals surface area contributed by atoms with Crippen molar-refractivity contribution in [2.75, 3.05) is 6.26 Å². The van der Waals surface area contributed by atoms with Crippen molar-refractivity contribution in [3.63, 3.8) is 0 Å². The van der Waals surface area contributed by atoms with Gasteiger partial charge >= 0.3 is 0 Å². The number of rotatable bonds is 5. The summed E-state index contributed by atoms with van der Waals surface area (Å²) in [6, 6.07) is 4.43. The third-order valence-corrected chi connectivity index (χ3v) is 5.84. The van der Waals surface area contributed by atoms with Crippen molar-refractivity contribution in [1.29, 1.82) is 0 Å². The van der Waals surface area contributed by atoms with Gasteiger partial charge in [0.15, 0.2) is 9.84 Å². The molecule has 3 aromatic rings. The van der Waals surface area contributed by atoms with Crippen LogP contribution < -0.4 is 0 Å². The smallest absolute Gasteiger partial charge is 0.218 e. The Morgan fingerprint density at radius 2 is 2.00 bits per heavy atom. The fraction of sp³-hybridized carbons (Fsp3) is 0.278. The van der Waals surface area contributed by atoms with Crippen LogP contribution >= 0.6 is 11.6 Å². The number of H-pyrrole nitrogens is 1. The summed E-state index contributed by atoms with van der Waals surface area (Å²) < 4.78 is 26.0. The quantitative estimate of drug-likeness (QED) is 0.610. The zero-order valence-electron chi connectivity index (χ0n) is 15.7. The fourth-order valence-electron chi connectivity index (χ4n) is 3.07. The number of aromatic nitrogens is 4. The van der Waals surface area contributed by atoms with Gasteiger partial charge in [0, 0.05) is 17.5 Å². The van der Waals surface area contributed by atoms with E-state index in [1.807, 2.05) is 0 Å². The Kier molecular flexibility index (Phi) is 5.07. The van der Waals surface area contributed by atoms with Crippen molar-refractivity contribution in [1.82, 2.24) is 20.0 Å². The number of aromatic amines is 1. The second-order valence-electron chi connectivity index (χ2n) is 6.46. The van der Waals surface area contributed by atoms with Gasteiger partial charge < -0.3 is 5.11 Å². The summed E-state index contributed by atoms with van der Waals surface area (Å²) in [5.74, 6) is -0.922. The van der Waals surface area contributed by atoms with Crippen molar-refractivity contribution < 1.29 is 18.3 Å². The molecule has 8 nitrogen and oxygen atoms in total. The number of halogens is 1. The van der Waals surface area contributed by atoms with Gasteiger partial charge in [-0.1, -0.05) is 18.5 Å². The molecule has 2 N–H and O–H groups in total. The van der Waals surface area contributed by atoms with E-state index in [1.54, 1.807) is 26.8 Å². The number of sulfone groups is 1. The van der Waals surface area contributed by atoms with Crippen molar-refractivity contribution in [2.45, 2.75) is 32.1 Å². The Morgan fingerprint density at radius 3 is 2.54 bits per heavy atom. The molecule has 2 heterocycles. The molecule has 2 aromatic heterocycles. The van der Waals surface area contributed by atoms with Crippen molar-refractivity contribution in [2.24, 2.45) is 0 Å². The third kappa shape index (κ3) is 3.31. The Bertz CT molecular complexity index is 1190. The summed E-state index contributed by atoms with van der Waals surface area (Å²) in [6.45, 7) is 5.32. The van der Waals surface area contributed by atoms with Crippen LogP contribution in [0.15, 0.2) is 23.1 Å². The first kappa shape index (κ1) is 20.1. The number of hydrogen-bond acceptors (Lipinski definition) is 6. The molecule has 0 spiro atoms. The molecular formula is C18H19ClN4O4S. The largest absolute Gasteiger partial charge is 0.493 e. The highest BCUT2D eigenvalue weighted by Crippen LogP contribution is 2.34. The third-order valence-electron chi connectivity index (χ3n) is 4.33. The number of aromatic hydroxyl groups is 1. The maximum Gasteiger partial charge on any atom is 0.218 e. The first-order chi connectivity index (χ1) is 13.1. The number of nitrogens with one attached hydrogen (secondary N) is 1. The maximum atomic E-state index is 13.1. The second-order valence-corrected chi connectivity index (χ2v) is 8.82. The first-order valence-electron chi connectivity index (χ1n) is 8.43. The summed E-state index contributed by atoms with van der Waals surface area (Å²) in [5.41, 5.74) is 1.87. The molecule has 1 aromatic carbocycles. The molecule has 0 bridgehead atoms. The lowest BCUT2D eigenvalue weighted by Crippen LogP contribution is -2.12. The van der Waals surface area contributed by atoms with Crippen LogP contribution in [0, 0.1) is 13.8 Å². The molecule has 0 aliphatic rings. The van der Waals surface area contributed by atoms with Crippen molar-refractivity contribution in [3.05, 3.63) is 51.4 Å². The van der Waals surface area contributed by atoms with Crippen LogP contribution in [0.2, 0.25) is 5.02 Å². The fourth-order valence-corrected chi connectivity index (χ4v) is 4.31. The van der Waals surface area contributed by atoms with Gasteiger partial charge in [0.25, 0.3) is 0 Å². The van der Waals surface area contributed by atoms with Gasteiger partial charge in [-0.25, -0.2) is 18.2 Å². The van der Waals surface area contributed by atoms with Crippen molar-refractivity contribution in [3.8, 4) is 11.6 Å². The molecule has 0 saturated carbocycles. The Morgan fingerprint density at radius 1 is 1.32 bits per heavy atom. The molecule has 28 heavy (non-hydrogen) atoms. The highest BCUT2D eigenvalue weighted by atomic mass is 35.5. The van der Waals surface area contributed by atoms with Crippen LogP contribution in [0.4, 0.5) is 0 Å². The monoisotopic (exact) mass is 422 g/mol. The lowest BCUT2D eigenvalue weighted by molar-refractivity contribution is 0.103. The van der Waals surface area contributed by atoms with Crippen LogP contribution in [0.5, 0.6) is 5.88 Å². The van der Waals surface area contributed by atoms with Crippen LogP contribution in [-0.2, 0) is 16.3 Å². The SMILES string of the molecule is CCc1n[nH]c(O)c1C(=O)c1ccc(S(C)(=O)=O)c(-n2nc(C)cc2C)c1Cl. The average Bonchev–Trinajstić information content (AvgIpc) is 3.14. The Hall–Kier alpha value is -2.65. The topological polar surface area (TPSA) is 118 Å². The van der Waals surface area contributed by atoms with E-state index in [-0.39, 0.29) is 32.6 Å². The van der Waals surface area contributed by atoms with E-state index in [0.29, 0.717) is 23.5 Å². The van der Waals surface area contributed by atoms with Gasteiger partial charge in [-0.15, -0.1) is 0 Å². The van der Waals surface area contributed by atoms with Gasteiger partial charge in [-0.3, -0.25) is 4.79 Å². The normalized spacial score (nSPS) is 11.8. The molecule has 3 rings (SSSR count). The predicted molar refractivity (Wildman–Crippen MR) is 104 cm³/mol. The number of nitrogens with zero attached hydrogens (tertiary/aromatic N) is 3. The highest BCUT2D eigenvalue weighted by Gasteiger charge is 2.28. The molecule has 0 atom stereocenters. The summed E-state index contributed by atoms with van der Waals surface area (Å²) in [6.07, 6.45) is 1.48. The van der Waals surface area contributed by atoms with Crippen LogP contribution in [0.3, 0.4) is 0 Å². The van der Waals surface area contributed by atoms with E-state index >= 15 is 0 Å². The van der Waals surface area contributed by atoms with Gasteiger partial charge in [0.05, 0.1) is 21.3 Å². The average molecular weight is 423 g/mol. The summed E-state index contributed by atoms with van der Waals surface area (Å²) in [7, 11) is -3.65. The standard InChI is InChI=1S/C18H19ClN4O4S/c1-5-12-14(18(25)21-20-12)17(24)11-6-7-13(28(4,26)27)16(15(11)19)23-10(3)8-9(2)22-23/h6-8H,5H2,1-4H3,(H2,20,21,25). The van der Waals surface area contributed by atoms with Gasteiger partial charge in [-0.05, 0) is 38.5 Å². The highest BCUT2D eigenvalue weighted by molar-refractivity contribution is 7.90. The molecule has 0 fully saturated rings. The van der Waals surface area contributed by atoms with Gasteiger partial charge in [0.2, 0.25) is 11.7 Å². The number of carbonyl (C=O) groups excluding carboxylic acids is 1. The van der Waals surface area contributed by atoms with Crippen LogP contribution in [-0.4, -0.2) is 45.5 Å². The molecule has 0 amide bonds. The second kappa shape index (κ2) is 7.06. The van der Waals surface area contributed by atoms with Gasteiger partial charge in [0.1, 0.15) is 11.3 Å². The zero-order valence-corrected chi connectivity index (χ0v) is 17.3. The lowest BCUT2D eigenvalue weighted by Gasteiger charge is -2.15. The summed E-state index contributed by atoms with van der Waals surface area (Å²) in [5, 5.41) is 20.6. The van der Waals surface area contributed by atoms with E-state index in [0.717, 1.165) is 6.26 Å². The number of hydrogen-bond donors (Lipinski definition) is 2. The maximum absolute atomic E-state index is 13.1. The van der Waals surface area contributed by atoms with Crippen LogP contribution in [0.1, 0.15) is 39.9 Å². The minimum Gasteiger partial charge on any atom is -0.493 e. The van der Waals surface area contributed by atoms with E-state index in [9.17, 15) is 18.3 Å². The molecule has 0 aliphatic carbocycles. The lowest BCUT2D eigenvalue weighted by atomic mass is 10.0. The molecule has 0 aliphatic heterocycles. The minimum absolute atomic E-state index is 0.0100. The van der Waals surface area contributed by atoms with E-state index < -0.39 is 15.6 Å². The Labute approximate surface area is 167 Å². The first-order valence-corrected chi connectivity index (χ1v) is 10.7. The molecule has 10 heteroatoms. The summed E-state index contributed by atoms with van der Waals surface area (Å²) >= 11 is 6.54. The zero-order chi connectivity index (χ0) is 20.8. The molecule has 0 saturated heterocycles. The Balaban J connectivity index is 2.32.